The number of piperidine rings is 1. The maximum atomic E-state index is 13.5. The number of carbonyl (C=O) groups excluding carboxylic acids is 1. The third kappa shape index (κ3) is 5.80. The van der Waals surface area contributed by atoms with Gasteiger partial charge in [0.1, 0.15) is 0 Å². The van der Waals surface area contributed by atoms with Crippen LogP contribution in [0.1, 0.15) is 48.9 Å². The van der Waals surface area contributed by atoms with Gasteiger partial charge in [-0.1, -0.05) is 30.7 Å². The molecule has 0 radical (unpaired) electrons. The van der Waals surface area contributed by atoms with Crippen molar-refractivity contribution in [2.24, 2.45) is 11.3 Å². The highest BCUT2D eigenvalue weighted by Crippen LogP contribution is 2.53. The number of β-amino-alcohol motifs (C(OH)–C–C–N with tert-alkyl or cyclic N) is 1. The summed E-state index contributed by atoms with van der Waals surface area (Å²) in [6.45, 7) is 3.44. The minimum atomic E-state index is -4.09. The van der Waals surface area contributed by atoms with Gasteiger partial charge in [0.25, 0.3) is 5.91 Å². The van der Waals surface area contributed by atoms with Gasteiger partial charge in [-0.3, -0.25) is 4.79 Å². The Morgan fingerprint density at radius 2 is 1.57 bits per heavy atom. The Labute approximate surface area is 216 Å². The van der Waals surface area contributed by atoms with Crippen molar-refractivity contribution >= 4 is 11.6 Å². The van der Waals surface area contributed by atoms with Gasteiger partial charge in [-0.15, -0.1) is 0 Å². The van der Waals surface area contributed by atoms with E-state index < -0.39 is 17.7 Å². The second-order valence-electron chi connectivity index (χ2n) is 11.1. The molecule has 2 heterocycles. The monoisotopic (exact) mass is 515 g/mol. The fourth-order valence-electron chi connectivity index (χ4n) is 5.87. The number of halogens is 3. The topological polar surface area (TPSA) is 55.8 Å². The number of aliphatic hydroxyl groups is 1. The Hall–Kier alpha value is -2.58. The number of nitrogens with zero attached hydrogens (tertiary/aromatic N) is 2. The molecule has 1 atom stereocenters. The molecule has 2 saturated heterocycles. The summed E-state index contributed by atoms with van der Waals surface area (Å²) < 4.78 is 40.5. The molecule has 3 fully saturated rings. The molecule has 0 aromatic heterocycles. The van der Waals surface area contributed by atoms with Gasteiger partial charge in [0, 0.05) is 37.4 Å². The maximum Gasteiger partial charge on any atom is 0.395 e. The molecule has 1 saturated carbocycles. The Morgan fingerprint density at radius 1 is 0.946 bits per heavy atom. The molecule has 5 rings (SSSR count). The van der Waals surface area contributed by atoms with Crippen molar-refractivity contribution in [1.82, 2.24) is 9.80 Å². The second-order valence-corrected chi connectivity index (χ2v) is 11.1. The van der Waals surface area contributed by atoms with Crippen molar-refractivity contribution in [2.75, 3.05) is 44.6 Å². The molecule has 5 nitrogen and oxygen atoms in total. The minimum absolute atomic E-state index is 0.0450. The van der Waals surface area contributed by atoms with Crippen molar-refractivity contribution < 1.29 is 23.1 Å². The SMILES string of the molecule is O=C(c1ccc(-c2ccc(NCC3CCN(CC4(C(F)(F)F)CCC4)CC3)cc2)cc1)N1CC[C@H](O)C1. The summed E-state index contributed by atoms with van der Waals surface area (Å²) in [6, 6.07) is 15.7. The molecule has 2 N–H and O–H groups in total. The highest BCUT2D eigenvalue weighted by Gasteiger charge is 2.58. The lowest BCUT2D eigenvalue weighted by Gasteiger charge is -2.47. The lowest BCUT2D eigenvalue weighted by atomic mass is 9.67. The zero-order valence-electron chi connectivity index (χ0n) is 21.1. The Balaban J connectivity index is 1.08. The zero-order valence-corrected chi connectivity index (χ0v) is 21.1. The zero-order chi connectivity index (χ0) is 26.0. The Morgan fingerprint density at radius 3 is 2.08 bits per heavy atom. The first-order valence-electron chi connectivity index (χ1n) is 13.4. The Bertz CT molecular complexity index is 1060. The van der Waals surface area contributed by atoms with Gasteiger partial charge in [0.05, 0.1) is 11.5 Å². The maximum absolute atomic E-state index is 13.5. The number of alkyl halides is 3. The summed E-state index contributed by atoms with van der Waals surface area (Å²) in [5.41, 5.74) is 2.27. The molecule has 3 aliphatic rings. The lowest BCUT2D eigenvalue weighted by Crippen LogP contribution is -2.53. The molecule has 0 unspecified atom stereocenters. The van der Waals surface area contributed by atoms with Crippen molar-refractivity contribution in [3.8, 4) is 11.1 Å². The molecule has 200 valence electrons. The van der Waals surface area contributed by atoms with Crippen LogP contribution in [-0.2, 0) is 0 Å². The quantitative estimate of drug-likeness (QED) is 0.517. The molecule has 2 aliphatic heterocycles. The van der Waals surface area contributed by atoms with Crippen LogP contribution in [0.2, 0.25) is 0 Å². The molecule has 8 heteroatoms. The first kappa shape index (κ1) is 26.0. The number of anilines is 1. The summed E-state index contributed by atoms with van der Waals surface area (Å²) in [5, 5.41) is 13.2. The van der Waals surface area contributed by atoms with Crippen LogP contribution in [-0.4, -0.2) is 72.4 Å². The third-order valence-electron chi connectivity index (χ3n) is 8.54. The minimum Gasteiger partial charge on any atom is -0.391 e. The van der Waals surface area contributed by atoms with Gasteiger partial charge in [-0.05, 0) is 86.5 Å². The van der Waals surface area contributed by atoms with E-state index >= 15 is 0 Å². The molecular formula is C29H36F3N3O2. The van der Waals surface area contributed by atoms with E-state index in [4.69, 9.17) is 0 Å². The number of hydrogen-bond acceptors (Lipinski definition) is 4. The number of rotatable bonds is 7. The number of hydrogen-bond donors (Lipinski definition) is 2. The van der Waals surface area contributed by atoms with E-state index in [1.165, 1.54) is 0 Å². The van der Waals surface area contributed by atoms with Crippen molar-refractivity contribution in [1.29, 1.82) is 0 Å². The van der Waals surface area contributed by atoms with Gasteiger partial charge in [-0.25, -0.2) is 0 Å². The lowest BCUT2D eigenvalue weighted by molar-refractivity contribution is -0.256. The van der Waals surface area contributed by atoms with Gasteiger partial charge in [-0.2, -0.15) is 13.2 Å². The normalized spacial score (nSPS) is 22.6. The third-order valence-corrected chi connectivity index (χ3v) is 8.54. The Kier molecular flexibility index (Phi) is 7.50. The average molecular weight is 516 g/mol. The van der Waals surface area contributed by atoms with Crippen LogP contribution in [0.5, 0.6) is 0 Å². The largest absolute Gasteiger partial charge is 0.395 e. The summed E-state index contributed by atoms with van der Waals surface area (Å²) in [7, 11) is 0. The average Bonchev–Trinajstić information content (AvgIpc) is 3.31. The standard InChI is InChI=1S/C29H36F3N3O2/c30-29(31,32)28(13-1-14-28)20-34-15-10-21(11-16-34)18-33-25-8-6-23(7-9-25)22-2-4-24(5-3-22)27(37)35-17-12-26(36)19-35/h2-9,21,26,33,36H,1,10-20H2/t26-/m0/s1. The van der Waals surface area contributed by atoms with Crippen molar-refractivity contribution in [3.05, 3.63) is 54.1 Å². The van der Waals surface area contributed by atoms with Gasteiger partial charge in [0.15, 0.2) is 0 Å². The smallest absolute Gasteiger partial charge is 0.391 e. The molecule has 1 aliphatic carbocycles. The fourth-order valence-corrected chi connectivity index (χ4v) is 5.87. The summed E-state index contributed by atoms with van der Waals surface area (Å²) in [4.78, 5) is 16.3. The highest BCUT2D eigenvalue weighted by molar-refractivity contribution is 5.95. The highest BCUT2D eigenvalue weighted by atomic mass is 19.4. The second kappa shape index (κ2) is 10.7. The molecule has 1 amide bonds. The van der Waals surface area contributed by atoms with Crippen LogP contribution in [0.25, 0.3) is 11.1 Å². The molecule has 0 bridgehead atoms. The summed E-state index contributed by atoms with van der Waals surface area (Å²) in [5.74, 6) is 0.414. The molecule has 0 spiro atoms. The van der Waals surface area contributed by atoms with Crippen molar-refractivity contribution in [2.45, 2.75) is 50.8 Å². The van der Waals surface area contributed by atoms with Crippen LogP contribution >= 0.6 is 0 Å². The van der Waals surface area contributed by atoms with E-state index in [-0.39, 0.29) is 25.3 Å². The van der Waals surface area contributed by atoms with E-state index in [9.17, 15) is 23.1 Å². The predicted octanol–water partition coefficient (Wildman–Crippen LogP) is 5.42. The first-order chi connectivity index (χ1) is 17.7. The van der Waals surface area contributed by atoms with E-state index in [1.807, 2.05) is 53.4 Å². The van der Waals surface area contributed by atoms with Gasteiger partial charge >= 0.3 is 6.18 Å². The van der Waals surface area contributed by atoms with E-state index in [0.717, 1.165) is 49.3 Å². The number of carbonyl (C=O) groups is 1. The van der Waals surface area contributed by atoms with Crippen molar-refractivity contribution in [3.63, 3.8) is 0 Å². The van der Waals surface area contributed by atoms with Crippen LogP contribution in [0.3, 0.4) is 0 Å². The number of aliphatic hydroxyl groups excluding tert-OH is 1. The fraction of sp³-hybridized carbons (Fsp3) is 0.552. The summed E-state index contributed by atoms with van der Waals surface area (Å²) >= 11 is 0. The van der Waals surface area contributed by atoms with Crippen LogP contribution in [0.15, 0.2) is 48.5 Å². The number of nitrogens with one attached hydrogen (secondary N) is 1. The molecule has 2 aromatic carbocycles. The molecule has 2 aromatic rings. The van der Waals surface area contributed by atoms with E-state index in [0.29, 0.717) is 37.4 Å². The van der Waals surface area contributed by atoms with E-state index in [2.05, 4.69) is 5.32 Å². The predicted molar refractivity (Wildman–Crippen MR) is 138 cm³/mol. The molecule has 37 heavy (non-hydrogen) atoms. The summed E-state index contributed by atoms with van der Waals surface area (Å²) in [6.07, 6.45) is -0.806. The van der Waals surface area contributed by atoms with Crippen LogP contribution in [0, 0.1) is 11.3 Å². The number of benzene rings is 2. The first-order valence-corrected chi connectivity index (χ1v) is 13.4. The van der Waals surface area contributed by atoms with Gasteiger partial charge in [0.2, 0.25) is 0 Å². The van der Waals surface area contributed by atoms with Crippen LogP contribution in [0.4, 0.5) is 18.9 Å². The number of likely N-dealkylation sites (tertiary alicyclic amines) is 2. The van der Waals surface area contributed by atoms with Crippen LogP contribution < -0.4 is 5.32 Å². The van der Waals surface area contributed by atoms with Gasteiger partial charge < -0.3 is 20.2 Å². The number of amides is 1. The molecular weight excluding hydrogens is 479 g/mol. The van der Waals surface area contributed by atoms with E-state index in [1.54, 1.807) is 4.90 Å².